The van der Waals surface area contributed by atoms with Crippen molar-refractivity contribution in [3.8, 4) is 0 Å². The molecule has 0 saturated carbocycles. The number of hydrogen-bond donors (Lipinski definition) is 4. The molecule has 33 heavy (non-hydrogen) atoms. The van der Waals surface area contributed by atoms with Gasteiger partial charge in [0.1, 0.15) is 24.7 Å². The predicted molar refractivity (Wildman–Crippen MR) is 116 cm³/mol. The standard InChI is InChI=1S/C22H27N5O6/c1-14(25-22(32)33-12-15-6-3-2-4-7-15)19(28)26-17(10-16-11-23-13-24-16)20(29)27-9-5-8-18(27)21(30)31/h2-4,6-7,11,13-14,17-18H,5,8-10,12H2,1H3,(H,23,24)(H,25,32)(H,26,28)(H,30,31)/t14-,17-,18-/m0/s1. The molecule has 1 aliphatic heterocycles. The van der Waals surface area contributed by atoms with E-state index in [1.54, 1.807) is 12.1 Å². The van der Waals surface area contributed by atoms with Gasteiger partial charge in [-0.25, -0.2) is 14.6 Å². The molecule has 0 aliphatic carbocycles. The molecule has 1 aliphatic rings. The number of carbonyl (C=O) groups is 4. The van der Waals surface area contributed by atoms with Gasteiger partial charge in [0.25, 0.3) is 0 Å². The number of aromatic amines is 1. The lowest BCUT2D eigenvalue weighted by atomic mass is 10.1. The van der Waals surface area contributed by atoms with Crippen LogP contribution in [0.15, 0.2) is 42.9 Å². The van der Waals surface area contributed by atoms with Crippen molar-refractivity contribution in [3.05, 3.63) is 54.1 Å². The van der Waals surface area contributed by atoms with Crippen LogP contribution in [0.5, 0.6) is 0 Å². The van der Waals surface area contributed by atoms with Gasteiger partial charge in [-0.3, -0.25) is 9.59 Å². The molecular weight excluding hydrogens is 430 g/mol. The summed E-state index contributed by atoms with van der Waals surface area (Å²) in [5.74, 6) is -2.18. The summed E-state index contributed by atoms with van der Waals surface area (Å²) in [7, 11) is 0. The zero-order valence-corrected chi connectivity index (χ0v) is 18.2. The number of ether oxygens (including phenoxy) is 1. The second-order valence-electron chi connectivity index (χ2n) is 7.80. The van der Waals surface area contributed by atoms with E-state index in [0.29, 0.717) is 25.1 Å². The average molecular weight is 457 g/mol. The molecule has 0 unspecified atom stereocenters. The van der Waals surface area contributed by atoms with Crippen LogP contribution >= 0.6 is 0 Å². The van der Waals surface area contributed by atoms with Gasteiger partial charge in [-0.15, -0.1) is 0 Å². The first-order chi connectivity index (χ1) is 15.8. The molecule has 11 heteroatoms. The van der Waals surface area contributed by atoms with Gasteiger partial charge >= 0.3 is 12.1 Å². The lowest BCUT2D eigenvalue weighted by Crippen LogP contribution is -2.56. The van der Waals surface area contributed by atoms with E-state index in [4.69, 9.17) is 4.74 Å². The summed E-state index contributed by atoms with van der Waals surface area (Å²) in [5, 5.41) is 14.5. The highest BCUT2D eigenvalue weighted by Gasteiger charge is 2.38. The zero-order chi connectivity index (χ0) is 23.8. The van der Waals surface area contributed by atoms with Gasteiger partial charge in [-0.1, -0.05) is 30.3 Å². The van der Waals surface area contributed by atoms with Gasteiger partial charge in [0.05, 0.1) is 6.33 Å². The quantitative estimate of drug-likeness (QED) is 0.435. The molecule has 4 N–H and O–H groups in total. The zero-order valence-electron chi connectivity index (χ0n) is 18.2. The Hall–Kier alpha value is -3.89. The molecule has 1 saturated heterocycles. The number of carboxylic acid groups (broad SMARTS) is 1. The average Bonchev–Trinajstić information content (AvgIpc) is 3.49. The number of aromatic nitrogens is 2. The van der Waals surface area contributed by atoms with Crippen LogP contribution in [0.2, 0.25) is 0 Å². The van der Waals surface area contributed by atoms with Gasteiger partial charge < -0.3 is 30.4 Å². The van der Waals surface area contributed by atoms with Crippen molar-refractivity contribution in [3.63, 3.8) is 0 Å². The second-order valence-corrected chi connectivity index (χ2v) is 7.80. The third-order valence-corrected chi connectivity index (χ3v) is 5.35. The number of nitrogens with one attached hydrogen (secondary N) is 3. The Morgan fingerprint density at radius 3 is 2.67 bits per heavy atom. The van der Waals surface area contributed by atoms with Gasteiger partial charge in [0.2, 0.25) is 11.8 Å². The lowest BCUT2D eigenvalue weighted by molar-refractivity contribution is -0.149. The van der Waals surface area contributed by atoms with Crippen molar-refractivity contribution in [2.75, 3.05) is 6.54 Å². The Kier molecular flexibility index (Phi) is 8.01. The van der Waals surface area contributed by atoms with Crippen LogP contribution in [0.3, 0.4) is 0 Å². The Bertz CT molecular complexity index is 965. The van der Waals surface area contributed by atoms with E-state index >= 15 is 0 Å². The lowest BCUT2D eigenvalue weighted by Gasteiger charge is -2.28. The summed E-state index contributed by atoms with van der Waals surface area (Å²) < 4.78 is 5.12. The minimum atomic E-state index is -1.08. The highest BCUT2D eigenvalue weighted by atomic mass is 16.5. The monoisotopic (exact) mass is 457 g/mol. The third-order valence-electron chi connectivity index (χ3n) is 5.35. The molecular formula is C22H27N5O6. The summed E-state index contributed by atoms with van der Waals surface area (Å²) >= 11 is 0. The van der Waals surface area contributed by atoms with Gasteiger partial charge in [0, 0.05) is 24.9 Å². The molecule has 3 atom stereocenters. The Morgan fingerprint density at radius 1 is 1.24 bits per heavy atom. The molecule has 0 bridgehead atoms. The maximum atomic E-state index is 13.1. The van der Waals surface area contributed by atoms with Crippen molar-refractivity contribution < 1.29 is 29.0 Å². The van der Waals surface area contributed by atoms with E-state index in [2.05, 4.69) is 20.6 Å². The number of carboxylic acids is 1. The number of alkyl carbamates (subject to hydrolysis) is 1. The highest BCUT2D eigenvalue weighted by Crippen LogP contribution is 2.19. The molecule has 11 nitrogen and oxygen atoms in total. The largest absolute Gasteiger partial charge is 0.480 e. The molecule has 1 aromatic heterocycles. The van der Waals surface area contributed by atoms with Crippen molar-refractivity contribution in [2.24, 2.45) is 0 Å². The number of nitrogens with zero attached hydrogens (tertiary/aromatic N) is 2. The SMILES string of the molecule is C[C@H](NC(=O)OCc1ccccc1)C(=O)N[C@@H](Cc1cnc[nH]1)C(=O)N1CCC[C@H]1C(=O)O. The van der Waals surface area contributed by atoms with Crippen molar-refractivity contribution in [1.29, 1.82) is 0 Å². The number of H-pyrrole nitrogens is 1. The summed E-state index contributed by atoms with van der Waals surface area (Å²) in [5.41, 5.74) is 1.40. The fourth-order valence-corrected chi connectivity index (χ4v) is 3.61. The van der Waals surface area contributed by atoms with E-state index in [1.165, 1.54) is 24.3 Å². The fraction of sp³-hybridized carbons (Fsp3) is 0.409. The van der Waals surface area contributed by atoms with Crippen LogP contribution in [-0.4, -0.2) is 68.5 Å². The molecule has 3 amide bonds. The van der Waals surface area contributed by atoms with Crippen LogP contribution < -0.4 is 10.6 Å². The smallest absolute Gasteiger partial charge is 0.408 e. The highest BCUT2D eigenvalue weighted by molar-refractivity contribution is 5.93. The molecule has 2 heterocycles. The van der Waals surface area contributed by atoms with Crippen molar-refractivity contribution in [1.82, 2.24) is 25.5 Å². The van der Waals surface area contributed by atoms with Crippen LogP contribution in [0.25, 0.3) is 0 Å². The maximum Gasteiger partial charge on any atom is 0.408 e. The Labute approximate surface area is 190 Å². The van der Waals surface area contributed by atoms with E-state index in [1.807, 2.05) is 18.2 Å². The molecule has 2 aromatic rings. The first kappa shape index (κ1) is 23.8. The summed E-state index contributed by atoms with van der Waals surface area (Å²) in [6.07, 6.45) is 3.21. The molecule has 0 radical (unpaired) electrons. The van der Waals surface area contributed by atoms with Crippen LogP contribution in [0.1, 0.15) is 31.0 Å². The molecule has 176 valence electrons. The van der Waals surface area contributed by atoms with Gasteiger partial charge in [-0.05, 0) is 25.3 Å². The van der Waals surface area contributed by atoms with E-state index in [0.717, 1.165) is 5.56 Å². The fourth-order valence-electron chi connectivity index (χ4n) is 3.61. The summed E-state index contributed by atoms with van der Waals surface area (Å²) in [4.78, 5) is 57.5. The number of rotatable bonds is 9. The van der Waals surface area contributed by atoms with E-state index in [-0.39, 0.29) is 13.0 Å². The maximum absolute atomic E-state index is 13.1. The van der Waals surface area contributed by atoms with Crippen LogP contribution in [0, 0.1) is 0 Å². The molecule has 1 aromatic carbocycles. The molecule has 1 fully saturated rings. The molecule has 3 rings (SSSR count). The Balaban J connectivity index is 1.60. The van der Waals surface area contributed by atoms with Crippen LogP contribution in [0.4, 0.5) is 4.79 Å². The molecule has 0 spiro atoms. The minimum absolute atomic E-state index is 0.0491. The number of benzene rings is 1. The summed E-state index contributed by atoms with van der Waals surface area (Å²) in [6, 6.07) is 6.15. The number of imidazole rings is 1. The first-order valence-electron chi connectivity index (χ1n) is 10.6. The van der Waals surface area contributed by atoms with E-state index in [9.17, 15) is 24.3 Å². The van der Waals surface area contributed by atoms with Gasteiger partial charge in [0.15, 0.2) is 0 Å². The number of aliphatic carboxylic acids is 1. The van der Waals surface area contributed by atoms with Crippen molar-refractivity contribution >= 4 is 23.9 Å². The topological polar surface area (TPSA) is 154 Å². The normalized spacial score (nSPS) is 17.1. The third kappa shape index (κ3) is 6.55. The van der Waals surface area contributed by atoms with E-state index < -0.39 is 42.0 Å². The number of hydrogen-bond acceptors (Lipinski definition) is 6. The van der Waals surface area contributed by atoms with Crippen molar-refractivity contribution in [2.45, 2.75) is 50.9 Å². The number of amides is 3. The number of carbonyl (C=O) groups excluding carboxylic acids is 3. The predicted octanol–water partition coefficient (Wildman–Crippen LogP) is 0.828. The summed E-state index contributed by atoms with van der Waals surface area (Å²) in [6.45, 7) is 1.81. The first-order valence-corrected chi connectivity index (χ1v) is 10.6. The second kappa shape index (κ2) is 11.1. The Morgan fingerprint density at radius 2 is 2.00 bits per heavy atom. The van der Waals surface area contributed by atoms with Gasteiger partial charge in [-0.2, -0.15) is 0 Å². The number of likely N-dealkylation sites (tertiary alicyclic amines) is 1. The minimum Gasteiger partial charge on any atom is -0.480 e. The van der Waals surface area contributed by atoms with Crippen LogP contribution in [-0.2, 0) is 32.1 Å².